The van der Waals surface area contributed by atoms with Gasteiger partial charge in [0.2, 0.25) is 0 Å². The molecule has 1 aliphatic carbocycles. The summed E-state index contributed by atoms with van der Waals surface area (Å²) in [5, 5.41) is 3.29. The molecular weight excluding hydrogens is 326 g/mol. The number of fused-ring (bicyclic) bond motifs is 1. The summed E-state index contributed by atoms with van der Waals surface area (Å²) in [6, 6.07) is 8.29. The number of ether oxygens (including phenoxy) is 1. The highest BCUT2D eigenvalue weighted by Crippen LogP contribution is 2.44. The third-order valence-electron chi connectivity index (χ3n) is 5.27. The minimum atomic E-state index is -0.340. The zero-order valence-corrected chi connectivity index (χ0v) is 16.0. The molecule has 4 heteroatoms. The van der Waals surface area contributed by atoms with E-state index < -0.39 is 0 Å². The Hall–Kier alpha value is -2.36. The van der Waals surface area contributed by atoms with Crippen molar-refractivity contribution >= 4 is 11.8 Å². The van der Waals surface area contributed by atoms with Gasteiger partial charge >= 0.3 is 5.97 Å². The first-order valence-corrected chi connectivity index (χ1v) is 9.41. The molecule has 0 aromatic heterocycles. The van der Waals surface area contributed by atoms with E-state index >= 15 is 0 Å². The van der Waals surface area contributed by atoms with E-state index in [-0.39, 0.29) is 23.6 Å². The maximum absolute atomic E-state index is 12.8. The van der Waals surface area contributed by atoms with E-state index in [1.54, 1.807) is 6.92 Å². The lowest BCUT2D eigenvalue weighted by molar-refractivity contribution is -0.139. The molecule has 2 aliphatic rings. The fourth-order valence-corrected chi connectivity index (χ4v) is 3.94. The predicted molar refractivity (Wildman–Crippen MR) is 102 cm³/mol. The standard InChI is InChI=1S/C22H27NO3/c1-5-26-22(25)19-14(4)23-17-7-6-8-18(24)21(17)20(19)16-11-9-15(10-12-16)13(2)3/h7,9-13,20-21,23H,5-6,8H2,1-4H3. The van der Waals surface area contributed by atoms with E-state index in [1.165, 1.54) is 5.56 Å². The van der Waals surface area contributed by atoms with Gasteiger partial charge in [-0.1, -0.05) is 44.2 Å². The minimum absolute atomic E-state index is 0.183. The van der Waals surface area contributed by atoms with Gasteiger partial charge in [0.1, 0.15) is 5.78 Å². The fourth-order valence-electron chi connectivity index (χ4n) is 3.94. The second kappa shape index (κ2) is 7.48. The highest BCUT2D eigenvalue weighted by molar-refractivity contribution is 5.96. The molecule has 26 heavy (non-hydrogen) atoms. The Morgan fingerprint density at radius 1 is 1.23 bits per heavy atom. The summed E-state index contributed by atoms with van der Waals surface area (Å²) in [6.07, 6.45) is 3.36. The lowest BCUT2D eigenvalue weighted by Crippen LogP contribution is -2.40. The van der Waals surface area contributed by atoms with Crippen molar-refractivity contribution in [1.29, 1.82) is 0 Å². The highest BCUT2D eigenvalue weighted by atomic mass is 16.5. The number of ketones is 1. The van der Waals surface area contributed by atoms with Crippen LogP contribution in [0.5, 0.6) is 0 Å². The van der Waals surface area contributed by atoms with Crippen LogP contribution >= 0.6 is 0 Å². The SMILES string of the molecule is CCOC(=O)C1=C(C)NC2=CCCC(=O)C2C1c1ccc(C(C)C)cc1. The minimum Gasteiger partial charge on any atom is -0.463 e. The Balaban J connectivity index is 2.11. The van der Waals surface area contributed by atoms with Crippen LogP contribution in [0.15, 0.2) is 47.3 Å². The van der Waals surface area contributed by atoms with Crippen LogP contribution < -0.4 is 5.32 Å². The number of carbonyl (C=O) groups is 2. The van der Waals surface area contributed by atoms with Gasteiger partial charge < -0.3 is 10.1 Å². The number of Topliss-reactive ketones (excluding diaryl/α,β-unsaturated/α-hetero) is 1. The van der Waals surface area contributed by atoms with Gasteiger partial charge in [0, 0.05) is 23.7 Å². The lowest BCUT2D eigenvalue weighted by Gasteiger charge is -2.38. The molecule has 1 aromatic carbocycles. The molecular formula is C22H27NO3. The first kappa shape index (κ1) is 18.4. The molecule has 0 fully saturated rings. The average molecular weight is 353 g/mol. The first-order valence-electron chi connectivity index (χ1n) is 9.41. The topological polar surface area (TPSA) is 55.4 Å². The van der Waals surface area contributed by atoms with Gasteiger partial charge in [-0.3, -0.25) is 4.79 Å². The molecule has 0 saturated carbocycles. The molecule has 0 spiro atoms. The van der Waals surface area contributed by atoms with Crippen LogP contribution in [-0.2, 0) is 14.3 Å². The van der Waals surface area contributed by atoms with Crippen LogP contribution in [0.1, 0.15) is 63.5 Å². The lowest BCUT2D eigenvalue weighted by atomic mass is 9.71. The molecule has 0 saturated heterocycles. The van der Waals surface area contributed by atoms with Gasteiger partial charge in [0.25, 0.3) is 0 Å². The number of esters is 1. The van der Waals surface area contributed by atoms with E-state index in [4.69, 9.17) is 4.74 Å². The molecule has 2 unspecified atom stereocenters. The second-order valence-electron chi connectivity index (χ2n) is 7.33. The maximum atomic E-state index is 12.8. The first-order chi connectivity index (χ1) is 12.4. The third kappa shape index (κ3) is 3.33. The molecule has 4 nitrogen and oxygen atoms in total. The van der Waals surface area contributed by atoms with E-state index in [1.807, 2.05) is 6.92 Å². The monoisotopic (exact) mass is 353 g/mol. The molecule has 1 heterocycles. The van der Waals surface area contributed by atoms with Crippen molar-refractivity contribution in [3.63, 3.8) is 0 Å². The Bertz CT molecular complexity index is 771. The molecule has 1 N–H and O–H groups in total. The molecule has 0 radical (unpaired) electrons. The largest absolute Gasteiger partial charge is 0.463 e. The molecule has 0 amide bonds. The Kier molecular flexibility index (Phi) is 5.30. The number of carbonyl (C=O) groups excluding carboxylic acids is 2. The molecule has 3 rings (SSSR count). The summed E-state index contributed by atoms with van der Waals surface area (Å²) < 4.78 is 5.31. The van der Waals surface area contributed by atoms with E-state index in [2.05, 4.69) is 49.5 Å². The Labute approximate surface area is 155 Å². The van der Waals surface area contributed by atoms with Crippen molar-refractivity contribution in [1.82, 2.24) is 5.32 Å². The number of hydrogen-bond acceptors (Lipinski definition) is 4. The van der Waals surface area contributed by atoms with Crippen LogP contribution in [0.2, 0.25) is 0 Å². The number of rotatable bonds is 4. The van der Waals surface area contributed by atoms with Gasteiger partial charge in [-0.15, -0.1) is 0 Å². The normalized spacial score (nSPS) is 22.7. The van der Waals surface area contributed by atoms with E-state index in [0.717, 1.165) is 23.4 Å². The quantitative estimate of drug-likeness (QED) is 0.825. The third-order valence-corrected chi connectivity index (χ3v) is 5.27. The predicted octanol–water partition coefficient (Wildman–Crippen LogP) is 4.20. The fraction of sp³-hybridized carbons (Fsp3) is 0.455. The number of benzene rings is 1. The number of nitrogens with one attached hydrogen (secondary N) is 1. The summed E-state index contributed by atoms with van der Waals surface area (Å²) in [4.78, 5) is 25.5. The van der Waals surface area contributed by atoms with Gasteiger partial charge in [0.15, 0.2) is 0 Å². The molecule has 1 aliphatic heterocycles. The van der Waals surface area contributed by atoms with Gasteiger partial charge in [0.05, 0.1) is 18.1 Å². The van der Waals surface area contributed by atoms with Crippen molar-refractivity contribution in [3.8, 4) is 0 Å². The zero-order chi connectivity index (χ0) is 18.8. The molecule has 1 aromatic rings. The van der Waals surface area contributed by atoms with Crippen molar-refractivity contribution in [2.45, 2.75) is 52.4 Å². The van der Waals surface area contributed by atoms with Crippen LogP contribution in [0.4, 0.5) is 0 Å². The van der Waals surface area contributed by atoms with E-state index in [0.29, 0.717) is 24.5 Å². The summed E-state index contributed by atoms with van der Waals surface area (Å²) in [5.41, 5.74) is 4.50. The summed E-state index contributed by atoms with van der Waals surface area (Å²) in [5.74, 6) is -0.354. The van der Waals surface area contributed by atoms with Gasteiger partial charge in [-0.05, 0) is 37.3 Å². The molecule has 2 atom stereocenters. The van der Waals surface area contributed by atoms with Crippen LogP contribution in [-0.4, -0.2) is 18.4 Å². The van der Waals surface area contributed by atoms with Crippen molar-refractivity contribution in [2.75, 3.05) is 6.61 Å². The Morgan fingerprint density at radius 2 is 1.92 bits per heavy atom. The Morgan fingerprint density at radius 3 is 2.54 bits per heavy atom. The van der Waals surface area contributed by atoms with Crippen molar-refractivity contribution in [2.24, 2.45) is 5.92 Å². The van der Waals surface area contributed by atoms with Crippen LogP contribution in [0, 0.1) is 5.92 Å². The van der Waals surface area contributed by atoms with E-state index in [9.17, 15) is 9.59 Å². The highest BCUT2D eigenvalue weighted by Gasteiger charge is 2.43. The molecule has 0 bridgehead atoms. The van der Waals surface area contributed by atoms with Crippen molar-refractivity contribution < 1.29 is 14.3 Å². The smallest absolute Gasteiger partial charge is 0.336 e. The van der Waals surface area contributed by atoms with Gasteiger partial charge in [-0.25, -0.2) is 4.79 Å². The second-order valence-corrected chi connectivity index (χ2v) is 7.33. The zero-order valence-electron chi connectivity index (χ0n) is 16.0. The summed E-state index contributed by atoms with van der Waals surface area (Å²) in [6.45, 7) is 8.31. The number of hydrogen-bond donors (Lipinski definition) is 1. The average Bonchev–Trinajstić information content (AvgIpc) is 2.61. The van der Waals surface area contributed by atoms with Gasteiger partial charge in [-0.2, -0.15) is 0 Å². The molecule has 138 valence electrons. The van der Waals surface area contributed by atoms with Crippen LogP contribution in [0.3, 0.4) is 0 Å². The number of allylic oxidation sites excluding steroid dienone is 3. The maximum Gasteiger partial charge on any atom is 0.336 e. The summed E-state index contributed by atoms with van der Waals surface area (Å²) >= 11 is 0. The van der Waals surface area contributed by atoms with Crippen molar-refractivity contribution in [3.05, 3.63) is 58.4 Å². The van der Waals surface area contributed by atoms with Crippen LogP contribution in [0.25, 0.3) is 0 Å². The summed E-state index contributed by atoms with van der Waals surface area (Å²) in [7, 11) is 0.